The molecule has 13 heteroatoms. The molecule has 1 atom stereocenters. The fourth-order valence-corrected chi connectivity index (χ4v) is 4.36. The third kappa shape index (κ3) is 5.41. The Morgan fingerprint density at radius 2 is 2.11 bits per heavy atom. The molecule has 0 bridgehead atoms. The van der Waals surface area contributed by atoms with Crippen LogP contribution in [-0.4, -0.2) is 81.3 Å². The molecule has 4 rings (SSSR count). The van der Waals surface area contributed by atoms with Crippen LogP contribution in [0.1, 0.15) is 34.9 Å². The number of halogens is 1. The first-order valence-electron chi connectivity index (χ1n) is 12.0. The number of anilines is 2. The van der Waals surface area contributed by atoms with E-state index in [0.717, 1.165) is 6.42 Å². The van der Waals surface area contributed by atoms with Gasteiger partial charge in [0.2, 0.25) is 18.7 Å². The minimum Gasteiger partial charge on any atom is -0.461 e. The highest BCUT2D eigenvalue weighted by atomic mass is 19.1. The van der Waals surface area contributed by atoms with Crippen molar-refractivity contribution in [2.24, 2.45) is 0 Å². The van der Waals surface area contributed by atoms with Gasteiger partial charge in [-0.15, -0.1) is 0 Å². The second-order valence-corrected chi connectivity index (χ2v) is 9.04. The van der Waals surface area contributed by atoms with Crippen molar-refractivity contribution < 1.29 is 23.5 Å². The van der Waals surface area contributed by atoms with Crippen LogP contribution in [0.4, 0.5) is 15.9 Å². The van der Waals surface area contributed by atoms with Gasteiger partial charge in [-0.05, 0) is 36.6 Å². The number of nitrogen functional groups attached to an aromatic ring is 1. The van der Waals surface area contributed by atoms with Crippen LogP contribution in [0.5, 0.6) is 5.75 Å². The first kappa shape index (κ1) is 26.5. The molecule has 0 aliphatic carbocycles. The average Bonchev–Trinajstić information content (AvgIpc) is 3.31. The van der Waals surface area contributed by atoms with E-state index >= 15 is 0 Å². The number of rotatable bonds is 8. The fraction of sp³-hybridized carbons (Fsp3) is 0.360. The third-order valence-electron chi connectivity index (χ3n) is 6.32. The molecule has 0 spiro atoms. The molecule has 38 heavy (non-hydrogen) atoms. The van der Waals surface area contributed by atoms with Crippen molar-refractivity contribution in [2.75, 3.05) is 45.1 Å². The Morgan fingerprint density at radius 1 is 1.32 bits per heavy atom. The summed E-state index contributed by atoms with van der Waals surface area (Å²) in [6.45, 7) is 3.39. The number of nitrogens with one attached hydrogen (secondary N) is 1. The number of carbonyl (C=O) groups is 3. The minimum absolute atomic E-state index is 0.0247. The van der Waals surface area contributed by atoms with E-state index in [9.17, 15) is 18.8 Å². The Labute approximate surface area is 218 Å². The molecule has 2 aromatic heterocycles. The lowest BCUT2D eigenvalue weighted by Gasteiger charge is -2.32. The van der Waals surface area contributed by atoms with E-state index in [4.69, 9.17) is 10.5 Å². The van der Waals surface area contributed by atoms with Gasteiger partial charge < -0.3 is 25.6 Å². The number of ether oxygens (including phenoxy) is 1. The molecule has 3 heterocycles. The summed E-state index contributed by atoms with van der Waals surface area (Å²) in [5, 5.41) is 7.49. The maximum absolute atomic E-state index is 13.4. The number of likely N-dealkylation sites (N-methyl/N-ethyl adjacent to an activating group) is 1. The molecule has 3 aromatic rings. The molecule has 0 saturated carbocycles. The quantitative estimate of drug-likeness (QED) is 0.425. The summed E-state index contributed by atoms with van der Waals surface area (Å²) < 4.78 is 19.8. The monoisotopic (exact) mass is 524 g/mol. The van der Waals surface area contributed by atoms with E-state index in [1.165, 1.54) is 29.4 Å². The summed E-state index contributed by atoms with van der Waals surface area (Å²) in [7, 11) is 3.27. The van der Waals surface area contributed by atoms with Crippen LogP contribution < -0.4 is 15.8 Å². The van der Waals surface area contributed by atoms with Crippen molar-refractivity contribution in [3.63, 3.8) is 0 Å². The number of alkyl halides is 1. The average molecular weight is 525 g/mol. The highest BCUT2D eigenvalue weighted by Crippen LogP contribution is 2.31. The first-order valence-corrected chi connectivity index (χ1v) is 12.0. The predicted octanol–water partition coefficient (Wildman–Crippen LogP) is 1.95. The molecule has 1 aromatic carbocycles. The van der Waals surface area contributed by atoms with Gasteiger partial charge in [0.05, 0.1) is 23.5 Å². The highest BCUT2D eigenvalue weighted by Gasteiger charge is 2.29. The number of amides is 3. The van der Waals surface area contributed by atoms with Crippen LogP contribution in [0.15, 0.2) is 37.2 Å². The Morgan fingerprint density at radius 3 is 2.82 bits per heavy atom. The van der Waals surface area contributed by atoms with Gasteiger partial charge >= 0.3 is 0 Å². The molecule has 0 radical (unpaired) electrons. The van der Waals surface area contributed by atoms with Gasteiger partial charge in [0, 0.05) is 27.2 Å². The van der Waals surface area contributed by atoms with Crippen LogP contribution in [0.3, 0.4) is 0 Å². The molecule has 1 aliphatic rings. The molecular formula is C25H29FN8O4. The smallest absolute Gasteiger partial charge is 0.277 e. The summed E-state index contributed by atoms with van der Waals surface area (Å²) in [5.74, 6) is -0.834. The van der Waals surface area contributed by atoms with Crippen LogP contribution in [0.2, 0.25) is 0 Å². The Balaban J connectivity index is 1.66. The largest absolute Gasteiger partial charge is 0.461 e. The summed E-state index contributed by atoms with van der Waals surface area (Å²) in [4.78, 5) is 49.1. The Kier molecular flexibility index (Phi) is 7.84. The number of aromatic nitrogens is 4. The SMILES string of the molecule is C=CC(=O)N1CCCC(n2nc(C(=O)Nc3ccc(CC(=O)N(C)C)cc3OCF)c3c(N)ncnc32)C1. The Hall–Kier alpha value is -4.55. The third-order valence-corrected chi connectivity index (χ3v) is 6.32. The molecule has 1 aliphatic heterocycles. The number of nitrogens with two attached hydrogens (primary N) is 1. The molecule has 3 N–H and O–H groups in total. The zero-order valence-corrected chi connectivity index (χ0v) is 21.2. The van der Waals surface area contributed by atoms with E-state index in [1.54, 1.807) is 29.7 Å². The summed E-state index contributed by atoms with van der Waals surface area (Å²) >= 11 is 0. The first-order chi connectivity index (χ1) is 18.2. The summed E-state index contributed by atoms with van der Waals surface area (Å²) in [6, 6.07) is 4.42. The minimum atomic E-state index is -1.13. The number of hydrogen-bond donors (Lipinski definition) is 2. The lowest BCUT2D eigenvalue weighted by Crippen LogP contribution is -2.40. The maximum atomic E-state index is 13.4. The van der Waals surface area contributed by atoms with Gasteiger partial charge in [-0.3, -0.25) is 14.4 Å². The molecule has 12 nitrogen and oxygen atoms in total. The molecular weight excluding hydrogens is 495 g/mol. The molecule has 200 valence electrons. The fourth-order valence-electron chi connectivity index (χ4n) is 4.36. The lowest BCUT2D eigenvalue weighted by molar-refractivity contribution is -0.128. The second-order valence-electron chi connectivity index (χ2n) is 9.04. The number of hydrogen-bond acceptors (Lipinski definition) is 8. The van der Waals surface area contributed by atoms with Gasteiger partial charge in [0.15, 0.2) is 11.3 Å². The number of piperidine rings is 1. The zero-order valence-electron chi connectivity index (χ0n) is 21.2. The van der Waals surface area contributed by atoms with Crippen molar-refractivity contribution in [3.05, 3.63) is 48.4 Å². The Bertz CT molecular complexity index is 1390. The van der Waals surface area contributed by atoms with Gasteiger partial charge in [-0.1, -0.05) is 12.6 Å². The second kappa shape index (κ2) is 11.2. The lowest BCUT2D eigenvalue weighted by atomic mass is 10.1. The van der Waals surface area contributed by atoms with Crippen LogP contribution in [-0.2, 0) is 16.0 Å². The summed E-state index contributed by atoms with van der Waals surface area (Å²) in [6.07, 6.45) is 4.08. The number of likely N-dealkylation sites (tertiary alicyclic amines) is 1. The molecule has 1 fully saturated rings. The van der Waals surface area contributed by atoms with Crippen molar-refractivity contribution in [2.45, 2.75) is 25.3 Å². The number of nitrogens with zero attached hydrogens (tertiary/aromatic N) is 6. The maximum Gasteiger partial charge on any atom is 0.277 e. The van der Waals surface area contributed by atoms with Gasteiger partial charge in [0.1, 0.15) is 17.9 Å². The van der Waals surface area contributed by atoms with E-state index in [1.807, 2.05) is 0 Å². The standard InChI is InChI=1S/C25H29FN8O4/c1-4-19(35)33-9-5-6-16(12-33)34-24-21(23(27)28-14-29-24)22(31-34)25(37)30-17-8-7-15(10-18(17)38-13-26)11-20(36)32(2)3/h4,7-8,10,14,16H,1,5-6,9,11-13H2,2-3H3,(H,30,37)(H2,27,28,29). The molecule has 3 amide bonds. The van der Waals surface area contributed by atoms with Crippen molar-refractivity contribution in [3.8, 4) is 5.75 Å². The van der Waals surface area contributed by atoms with E-state index < -0.39 is 12.8 Å². The number of benzene rings is 1. The van der Waals surface area contributed by atoms with Crippen LogP contribution in [0.25, 0.3) is 11.0 Å². The van der Waals surface area contributed by atoms with E-state index in [-0.39, 0.29) is 52.6 Å². The normalized spacial score (nSPS) is 15.2. The number of carbonyl (C=O) groups excluding carboxylic acids is 3. The zero-order chi connectivity index (χ0) is 27.4. The van der Waals surface area contributed by atoms with Crippen molar-refractivity contribution in [1.29, 1.82) is 0 Å². The van der Waals surface area contributed by atoms with Crippen LogP contribution in [0, 0.1) is 0 Å². The molecule has 1 saturated heterocycles. The van der Waals surface area contributed by atoms with E-state index in [0.29, 0.717) is 30.7 Å². The highest BCUT2D eigenvalue weighted by molar-refractivity contribution is 6.13. The van der Waals surface area contributed by atoms with Gasteiger partial charge in [-0.25, -0.2) is 19.0 Å². The van der Waals surface area contributed by atoms with Crippen molar-refractivity contribution >= 4 is 40.3 Å². The predicted molar refractivity (Wildman–Crippen MR) is 138 cm³/mol. The van der Waals surface area contributed by atoms with Gasteiger partial charge in [0.25, 0.3) is 5.91 Å². The van der Waals surface area contributed by atoms with Gasteiger partial charge in [-0.2, -0.15) is 5.10 Å². The molecule has 1 unspecified atom stereocenters. The van der Waals surface area contributed by atoms with E-state index in [2.05, 4.69) is 27.0 Å². The van der Waals surface area contributed by atoms with Crippen molar-refractivity contribution in [1.82, 2.24) is 29.5 Å². The topological polar surface area (TPSA) is 149 Å². The summed E-state index contributed by atoms with van der Waals surface area (Å²) in [5.41, 5.74) is 7.24. The number of fused-ring (bicyclic) bond motifs is 1. The van der Waals surface area contributed by atoms with Crippen LogP contribution >= 0.6 is 0 Å².